The molecule has 0 spiro atoms. The van der Waals surface area contributed by atoms with E-state index in [2.05, 4.69) is 29.7 Å². The number of hydrogen-bond donors (Lipinski definition) is 2. The molecule has 2 N–H and O–H groups in total. The standard InChI is InChI=1S/C16H22N2O/c1-11-2-5-15(8-11)18-16(19)13-4-3-12-6-7-17-10-14(12)9-13/h3-4,9,11,15,17H,2,5-8,10H2,1H3,(H,18,19). The van der Waals surface area contributed by atoms with E-state index in [0.717, 1.165) is 43.8 Å². The first-order valence-electron chi connectivity index (χ1n) is 7.36. The predicted molar refractivity (Wildman–Crippen MR) is 76.1 cm³/mol. The van der Waals surface area contributed by atoms with Gasteiger partial charge in [-0.1, -0.05) is 13.0 Å². The van der Waals surface area contributed by atoms with Crippen molar-refractivity contribution in [2.75, 3.05) is 6.54 Å². The second-order valence-electron chi connectivity index (χ2n) is 6.00. The molecule has 102 valence electrons. The lowest BCUT2D eigenvalue weighted by Gasteiger charge is -2.18. The number of hydrogen-bond acceptors (Lipinski definition) is 2. The van der Waals surface area contributed by atoms with Gasteiger partial charge < -0.3 is 10.6 Å². The summed E-state index contributed by atoms with van der Waals surface area (Å²) in [5.74, 6) is 0.838. The molecule has 1 fully saturated rings. The molecule has 3 nitrogen and oxygen atoms in total. The zero-order valence-corrected chi connectivity index (χ0v) is 11.5. The molecule has 3 rings (SSSR count). The number of rotatable bonds is 2. The molecule has 19 heavy (non-hydrogen) atoms. The molecule has 1 aliphatic carbocycles. The van der Waals surface area contributed by atoms with Crippen molar-refractivity contribution < 1.29 is 4.79 Å². The summed E-state index contributed by atoms with van der Waals surface area (Å²) in [6.45, 7) is 4.19. The first-order valence-corrected chi connectivity index (χ1v) is 7.36. The lowest BCUT2D eigenvalue weighted by atomic mass is 9.98. The van der Waals surface area contributed by atoms with Crippen LogP contribution in [0.15, 0.2) is 18.2 Å². The van der Waals surface area contributed by atoms with E-state index in [1.807, 2.05) is 6.07 Å². The third kappa shape index (κ3) is 2.81. The van der Waals surface area contributed by atoms with Crippen molar-refractivity contribution >= 4 is 5.91 Å². The van der Waals surface area contributed by atoms with Gasteiger partial charge in [-0.15, -0.1) is 0 Å². The van der Waals surface area contributed by atoms with Crippen molar-refractivity contribution in [2.45, 2.75) is 45.2 Å². The smallest absolute Gasteiger partial charge is 0.251 e. The second kappa shape index (κ2) is 5.33. The van der Waals surface area contributed by atoms with Crippen molar-refractivity contribution in [3.05, 3.63) is 34.9 Å². The van der Waals surface area contributed by atoms with E-state index in [1.165, 1.54) is 17.5 Å². The fraction of sp³-hybridized carbons (Fsp3) is 0.562. The van der Waals surface area contributed by atoms with Crippen LogP contribution in [0.2, 0.25) is 0 Å². The highest BCUT2D eigenvalue weighted by molar-refractivity contribution is 5.94. The molecule has 0 aromatic heterocycles. The molecule has 1 aliphatic heterocycles. The minimum atomic E-state index is 0.0903. The highest BCUT2D eigenvalue weighted by atomic mass is 16.1. The van der Waals surface area contributed by atoms with Gasteiger partial charge in [0.2, 0.25) is 0 Å². The van der Waals surface area contributed by atoms with Gasteiger partial charge in [0.1, 0.15) is 0 Å². The van der Waals surface area contributed by atoms with E-state index in [1.54, 1.807) is 0 Å². The molecule has 2 unspecified atom stereocenters. The molecule has 2 aliphatic rings. The summed E-state index contributed by atoms with van der Waals surface area (Å²) in [4.78, 5) is 12.3. The van der Waals surface area contributed by atoms with Gasteiger partial charge >= 0.3 is 0 Å². The summed E-state index contributed by atoms with van der Waals surface area (Å²) in [6.07, 6.45) is 4.55. The molecule has 1 heterocycles. The SMILES string of the molecule is CC1CCC(NC(=O)c2ccc3c(c2)CNCC3)C1. The van der Waals surface area contributed by atoms with Crippen LogP contribution in [0, 0.1) is 5.92 Å². The van der Waals surface area contributed by atoms with Crippen molar-refractivity contribution in [3.63, 3.8) is 0 Å². The zero-order chi connectivity index (χ0) is 13.2. The highest BCUT2D eigenvalue weighted by Gasteiger charge is 2.23. The second-order valence-corrected chi connectivity index (χ2v) is 6.00. The highest BCUT2D eigenvalue weighted by Crippen LogP contribution is 2.25. The van der Waals surface area contributed by atoms with Crippen LogP contribution in [-0.2, 0) is 13.0 Å². The molecule has 3 heteroatoms. The topological polar surface area (TPSA) is 41.1 Å². The molecule has 0 radical (unpaired) electrons. The first-order chi connectivity index (χ1) is 9.22. The Labute approximate surface area is 114 Å². The maximum Gasteiger partial charge on any atom is 0.251 e. The van der Waals surface area contributed by atoms with Crippen LogP contribution in [-0.4, -0.2) is 18.5 Å². The Hall–Kier alpha value is -1.35. The number of carbonyl (C=O) groups excluding carboxylic acids is 1. The van der Waals surface area contributed by atoms with Gasteiger partial charge in [-0.2, -0.15) is 0 Å². The molecule has 1 amide bonds. The van der Waals surface area contributed by atoms with Crippen molar-refractivity contribution in [2.24, 2.45) is 5.92 Å². The Morgan fingerprint density at radius 2 is 2.21 bits per heavy atom. The largest absolute Gasteiger partial charge is 0.349 e. The average molecular weight is 258 g/mol. The number of fused-ring (bicyclic) bond motifs is 1. The van der Waals surface area contributed by atoms with Crippen LogP contribution < -0.4 is 10.6 Å². The molecule has 0 saturated heterocycles. The van der Waals surface area contributed by atoms with E-state index in [4.69, 9.17) is 0 Å². The lowest BCUT2D eigenvalue weighted by Crippen LogP contribution is -2.33. The average Bonchev–Trinajstić information content (AvgIpc) is 2.83. The van der Waals surface area contributed by atoms with E-state index in [9.17, 15) is 4.79 Å². The molecule has 1 aromatic carbocycles. The Kier molecular flexibility index (Phi) is 3.56. The number of amides is 1. The number of nitrogens with one attached hydrogen (secondary N) is 2. The fourth-order valence-corrected chi connectivity index (χ4v) is 3.23. The van der Waals surface area contributed by atoms with Gasteiger partial charge in [0.05, 0.1) is 0 Å². The third-order valence-corrected chi connectivity index (χ3v) is 4.39. The van der Waals surface area contributed by atoms with Crippen LogP contribution in [0.25, 0.3) is 0 Å². The summed E-state index contributed by atoms with van der Waals surface area (Å²) in [5.41, 5.74) is 3.46. The van der Waals surface area contributed by atoms with Crippen LogP contribution in [0.1, 0.15) is 47.7 Å². The van der Waals surface area contributed by atoms with E-state index >= 15 is 0 Å². The summed E-state index contributed by atoms with van der Waals surface area (Å²) in [5, 5.41) is 6.53. The summed E-state index contributed by atoms with van der Waals surface area (Å²) in [6, 6.07) is 6.51. The van der Waals surface area contributed by atoms with Gasteiger partial charge in [0, 0.05) is 18.2 Å². The Bertz CT molecular complexity index is 484. The van der Waals surface area contributed by atoms with Gasteiger partial charge in [0.25, 0.3) is 5.91 Å². The maximum absolute atomic E-state index is 12.3. The monoisotopic (exact) mass is 258 g/mol. The zero-order valence-electron chi connectivity index (χ0n) is 11.5. The third-order valence-electron chi connectivity index (χ3n) is 4.39. The quantitative estimate of drug-likeness (QED) is 0.854. The van der Waals surface area contributed by atoms with E-state index in [-0.39, 0.29) is 5.91 Å². The molecular formula is C16H22N2O. The predicted octanol–water partition coefficient (Wildman–Crippen LogP) is 2.25. The maximum atomic E-state index is 12.3. The molecule has 0 bridgehead atoms. The first kappa shape index (κ1) is 12.7. The van der Waals surface area contributed by atoms with Gasteiger partial charge in [-0.05, 0) is 61.4 Å². The Morgan fingerprint density at radius 3 is 3.00 bits per heavy atom. The van der Waals surface area contributed by atoms with Crippen LogP contribution in [0.4, 0.5) is 0 Å². The molecule has 2 atom stereocenters. The van der Waals surface area contributed by atoms with E-state index in [0.29, 0.717) is 6.04 Å². The number of benzene rings is 1. The minimum Gasteiger partial charge on any atom is -0.349 e. The van der Waals surface area contributed by atoms with Crippen molar-refractivity contribution in [1.82, 2.24) is 10.6 Å². The molecular weight excluding hydrogens is 236 g/mol. The Morgan fingerprint density at radius 1 is 1.32 bits per heavy atom. The normalized spacial score (nSPS) is 25.9. The minimum absolute atomic E-state index is 0.0903. The van der Waals surface area contributed by atoms with Crippen molar-refractivity contribution in [1.29, 1.82) is 0 Å². The van der Waals surface area contributed by atoms with Gasteiger partial charge in [0.15, 0.2) is 0 Å². The van der Waals surface area contributed by atoms with Crippen LogP contribution in [0.5, 0.6) is 0 Å². The van der Waals surface area contributed by atoms with Gasteiger partial charge in [-0.3, -0.25) is 4.79 Å². The lowest BCUT2D eigenvalue weighted by molar-refractivity contribution is 0.0937. The fourth-order valence-electron chi connectivity index (χ4n) is 3.23. The van der Waals surface area contributed by atoms with Gasteiger partial charge in [-0.25, -0.2) is 0 Å². The van der Waals surface area contributed by atoms with Crippen molar-refractivity contribution in [3.8, 4) is 0 Å². The van der Waals surface area contributed by atoms with Crippen LogP contribution in [0.3, 0.4) is 0 Å². The van der Waals surface area contributed by atoms with E-state index < -0.39 is 0 Å². The molecule has 1 aromatic rings. The molecule has 1 saturated carbocycles. The Balaban J connectivity index is 1.69. The summed E-state index contributed by atoms with van der Waals surface area (Å²) < 4.78 is 0. The summed E-state index contributed by atoms with van der Waals surface area (Å²) >= 11 is 0. The summed E-state index contributed by atoms with van der Waals surface area (Å²) in [7, 11) is 0. The van der Waals surface area contributed by atoms with Crippen LogP contribution >= 0.6 is 0 Å². The number of carbonyl (C=O) groups is 1.